The normalized spacial score (nSPS) is 21.2. The highest BCUT2D eigenvalue weighted by atomic mass is 16.5. The summed E-state index contributed by atoms with van der Waals surface area (Å²) in [6.07, 6.45) is 7.11. The molecule has 2 atom stereocenters. The molecule has 33 heavy (non-hydrogen) atoms. The molecule has 0 unspecified atom stereocenters. The molecule has 1 saturated heterocycles. The molecule has 8 N–H and O–H groups in total. The summed E-state index contributed by atoms with van der Waals surface area (Å²) in [5, 5.41) is 25.9. The molecule has 0 radical (unpaired) electrons. The van der Waals surface area contributed by atoms with Crippen molar-refractivity contribution in [2.24, 2.45) is 11.5 Å². The lowest BCUT2D eigenvalue weighted by Crippen LogP contribution is -2.43. The van der Waals surface area contributed by atoms with Gasteiger partial charge in [0.25, 0.3) is 5.91 Å². The Bertz CT molecular complexity index is 994. The second-order valence-corrected chi connectivity index (χ2v) is 8.46. The third-order valence-electron chi connectivity index (χ3n) is 6.14. The zero-order valence-corrected chi connectivity index (χ0v) is 18.5. The van der Waals surface area contributed by atoms with Crippen molar-refractivity contribution in [2.45, 2.75) is 56.7 Å². The van der Waals surface area contributed by atoms with E-state index < -0.39 is 5.91 Å². The summed E-state index contributed by atoms with van der Waals surface area (Å²) in [6.45, 7) is 1.43. The van der Waals surface area contributed by atoms with E-state index in [4.69, 9.17) is 21.6 Å². The Morgan fingerprint density at radius 2 is 1.85 bits per heavy atom. The van der Waals surface area contributed by atoms with Crippen LogP contribution in [0.25, 0.3) is 0 Å². The van der Waals surface area contributed by atoms with Crippen LogP contribution in [0, 0.1) is 5.41 Å². The summed E-state index contributed by atoms with van der Waals surface area (Å²) >= 11 is 0. The van der Waals surface area contributed by atoms with Gasteiger partial charge in [-0.1, -0.05) is 18.9 Å². The van der Waals surface area contributed by atoms with E-state index in [9.17, 15) is 4.79 Å². The zero-order valence-electron chi connectivity index (χ0n) is 18.5. The fraction of sp³-hybridized carbons (Fsp3) is 0.500. The van der Waals surface area contributed by atoms with Crippen molar-refractivity contribution in [3.63, 3.8) is 0 Å². The van der Waals surface area contributed by atoms with Crippen LogP contribution in [0.2, 0.25) is 0 Å². The molecule has 2 aromatic rings. The van der Waals surface area contributed by atoms with Gasteiger partial charge in [-0.15, -0.1) is 10.2 Å². The molecule has 1 aliphatic carbocycles. The number of carbonyl (C=O) groups is 1. The third-order valence-corrected chi connectivity index (χ3v) is 6.14. The lowest BCUT2D eigenvalue weighted by molar-refractivity contribution is 0.0904. The summed E-state index contributed by atoms with van der Waals surface area (Å²) in [7, 11) is 0. The number of ether oxygens (including phenoxy) is 1. The van der Waals surface area contributed by atoms with E-state index >= 15 is 0 Å². The Kier molecular flexibility index (Phi) is 7.30. The van der Waals surface area contributed by atoms with Gasteiger partial charge in [-0.25, -0.2) is 0 Å². The fourth-order valence-electron chi connectivity index (χ4n) is 4.29. The Labute approximate surface area is 192 Å². The largest absolute Gasteiger partial charge is 0.382 e. The van der Waals surface area contributed by atoms with E-state index in [2.05, 4.69) is 31.1 Å². The second kappa shape index (κ2) is 10.5. The molecule has 11 heteroatoms. The summed E-state index contributed by atoms with van der Waals surface area (Å²) in [5.41, 5.74) is 13.7. The SMILES string of the molecule is N=Cc1c(Nc2nc(N[C@@H]3CCCC[C@@H]3N)nnc2C(N)=O)cccc1NC1CCOCC1. The highest BCUT2D eigenvalue weighted by molar-refractivity contribution is 5.98. The minimum Gasteiger partial charge on any atom is -0.382 e. The highest BCUT2D eigenvalue weighted by Gasteiger charge is 2.24. The first-order chi connectivity index (χ1) is 16.0. The molecule has 2 heterocycles. The van der Waals surface area contributed by atoms with Crippen LogP contribution in [0.15, 0.2) is 18.2 Å². The summed E-state index contributed by atoms with van der Waals surface area (Å²) in [6, 6.07) is 5.92. The monoisotopic (exact) mass is 453 g/mol. The van der Waals surface area contributed by atoms with E-state index in [1.54, 1.807) is 0 Å². The van der Waals surface area contributed by atoms with Crippen molar-refractivity contribution in [1.29, 1.82) is 5.41 Å². The van der Waals surface area contributed by atoms with Gasteiger partial charge >= 0.3 is 0 Å². The van der Waals surface area contributed by atoms with Crippen LogP contribution >= 0.6 is 0 Å². The smallest absolute Gasteiger partial charge is 0.273 e. The number of anilines is 4. The molecule has 2 aliphatic rings. The van der Waals surface area contributed by atoms with Crippen molar-refractivity contribution in [2.75, 3.05) is 29.2 Å². The first kappa shape index (κ1) is 22.9. The van der Waals surface area contributed by atoms with Crippen LogP contribution in [0.5, 0.6) is 0 Å². The van der Waals surface area contributed by atoms with Gasteiger partial charge in [0.15, 0.2) is 11.5 Å². The number of nitrogens with one attached hydrogen (secondary N) is 4. The number of nitrogens with two attached hydrogens (primary N) is 2. The van der Waals surface area contributed by atoms with E-state index in [1.807, 2.05) is 18.2 Å². The van der Waals surface area contributed by atoms with Gasteiger partial charge in [-0.05, 0) is 37.8 Å². The van der Waals surface area contributed by atoms with Crippen LogP contribution in [-0.4, -0.2) is 58.6 Å². The van der Waals surface area contributed by atoms with Gasteiger partial charge in [-0.2, -0.15) is 4.98 Å². The minimum absolute atomic E-state index is 0.00652. The van der Waals surface area contributed by atoms with Gasteiger partial charge in [0, 0.05) is 48.8 Å². The van der Waals surface area contributed by atoms with Crippen molar-refractivity contribution in [1.82, 2.24) is 15.2 Å². The molecular weight excluding hydrogens is 422 g/mol. The van der Waals surface area contributed by atoms with Gasteiger partial charge in [0.1, 0.15) is 0 Å². The standard InChI is InChI=1S/C22H31N9O2/c23-12-14-16(26-13-8-10-33-11-9-13)6-3-7-17(14)27-21-19(20(25)32)30-31-22(29-21)28-18-5-2-1-4-15(18)24/h3,6-7,12-13,15,18,23,26H,1-2,4-5,8-11,24H2,(H2,25,32)(H2,27,28,29,31)/t15-,18+/m0/s1. The molecule has 2 fully saturated rings. The number of primary amides is 1. The summed E-state index contributed by atoms with van der Waals surface area (Å²) in [5.74, 6) is -0.292. The molecule has 0 bridgehead atoms. The van der Waals surface area contributed by atoms with Crippen LogP contribution in [0.4, 0.5) is 23.1 Å². The number of hydrogen-bond acceptors (Lipinski definition) is 10. The first-order valence-electron chi connectivity index (χ1n) is 11.4. The molecule has 1 aromatic heterocycles. The quantitative estimate of drug-likeness (QED) is 0.326. The van der Waals surface area contributed by atoms with Crippen LogP contribution < -0.4 is 27.4 Å². The van der Waals surface area contributed by atoms with Crippen molar-refractivity contribution in [3.05, 3.63) is 29.5 Å². The predicted molar refractivity (Wildman–Crippen MR) is 127 cm³/mol. The van der Waals surface area contributed by atoms with E-state index in [1.165, 1.54) is 6.21 Å². The van der Waals surface area contributed by atoms with Crippen LogP contribution in [0.3, 0.4) is 0 Å². The molecule has 176 valence electrons. The number of amides is 1. The highest BCUT2D eigenvalue weighted by Crippen LogP contribution is 2.28. The predicted octanol–water partition coefficient (Wildman–Crippen LogP) is 1.98. The lowest BCUT2D eigenvalue weighted by Gasteiger charge is -2.29. The Hall–Kier alpha value is -3.31. The first-order valence-corrected chi connectivity index (χ1v) is 11.4. The maximum Gasteiger partial charge on any atom is 0.273 e. The van der Waals surface area contributed by atoms with Crippen LogP contribution in [-0.2, 0) is 4.74 Å². The molecule has 0 spiro atoms. The number of hydrogen-bond donors (Lipinski definition) is 6. The van der Waals surface area contributed by atoms with E-state index in [0.717, 1.165) is 44.2 Å². The molecule has 1 saturated carbocycles. The molecule has 11 nitrogen and oxygen atoms in total. The summed E-state index contributed by atoms with van der Waals surface area (Å²) < 4.78 is 5.43. The summed E-state index contributed by atoms with van der Waals surface area (Å²) in [4.78, 5) is 16.5. The third kappa shape index (κ3) is 5.55. The number of nitrogens with zero attached hydrogens (tertiary/aromatic N) is 3. The van der Waals surface area contributed by atoms with Crippen molar-refractivity contribution >= 4 is 35.3 Å². The molecular formula is C22H31N9O2. The second-order valence-electron chi connectivity index (χ2n) is 8.46. The maximum absolute atomic E-state index is 12.0. The lowest BCUT2D eigenvalue weighted by atomic mass is 9.91. The van der Waals surface area contributed by atoms with Gasteiger partial charge in [0.2, 0.25) is 5.95 Å². The Balaban J connectivity index is 1.59. The molecule has 1 amide bonds. The maximum atomic E-state index is 12.0. The Morgan fingerprint density at radius 3 is 2.58 bits per heavy atom. The van der Waals surface area contributed by atoms with E-state index in [0.29, 0.717) is 24.5 Å². The van der Waals surface area contributed by atoms with Gasteiger partial charge in [-0.3, -0.25) is 4.79 Å². The van der Waals surface area contributed by atoms with E-state index in [-0.39, 0.29) is 35.6 Å². The molecule has 1 aliphatic heterocycles. The van der Waals surface area contributed by atoms with Gasteiger partial charge < -0.3 is 37.6 Å². The van der Waals surface area contributed by atoms with Gasteiger partial charge in [0.05, 0.1) is 5.69 Å². The average molecular weight is 454 g/mol. The zero-order chi connectivity index (χ0) is 23.2. The fourth-order valence-corrected chi connectivity index (χ4v) is 4.29. The van der Waals surface area contributed by atoms with Crippen molar-refractivity contribution in [3.8, 4) is 0 Å². The Morgan fingerprint density at radius 1 is 1.09 bits per heavy atom. The molecule has 1 aromatic carbocycles. The topological polar surface area (TPSA) is 177 Å². The number of rotatable bonds is 8. The number of benzene rings is 1. The van der Waals surface area contributed by atoms with Crippen LogP contribution in [0.1, 0.15) is 54.6 Å². The van der Waals surface area contributed by atoms with Crippen molar-refractivity contribution < 1.29 is 9.53 Å². The molecule has 4 rings (SSSR count). The number of carbonyl (C=O) groups excluding carboxylic acids is 1. The minimum atomic E-state index is -0.744. The number of aromatic nitrogens is 3. The average Bonchev–Trinajstić information content (AvgIpc) is 2.81.